The van der Waals surface area contributed by atoms with Crippen LogP contribution in [0.25, 0.3) is 21.4 Å². The predicted molar refractivity (Wildman–Crippen MR) is 61.4 cm³/mol. The average Bonchev–Trinajstić information content (AvgIpc) is 2.69. The highest BCUT2D eigenvalue weighted by atomic mass is 35.5. The lowest BCUT2D eigenvalue weighted by molar-refractivity contribution is 0.949. The Morgan fingerprint density at radius 3 is 2.93 bits per heavy atom. The fraction of sp³-hybridized carbons (Fsp3) is 0.222. The third kappa shape index (κ3) is 1.16. The van der Waals surface area contributed by atoms with E-state index in [1.54, 1.807) is 6.33 Å². The van der Waals surface area contributed by atoms with Crippen LogP contribution in [0, 0.1) is 6.92 Å². The number of rotatable bonds is 0. The van der Waals surface area contributed by atoms with E-state index in [4.69, 9.17) is 11.6 Å². The summed E-state index contributed by atoms with van der Waals surface area (Å²) in [6.07, 6.45) is 1.77. The van der Waals surface area contributed by atoms with Crippen LogP contribution >= 0.6 is 22.9 Å². The van der Waals surface area contributed by atoms with Crippen molar-refractivity contribution >= 4 is 44.3 Å². The molecule has 0 aliphatic heterocycles. The molecule has 0 unspecified atom stereocenters. The van der Waals surface area contributed by atoms with Gasteiger partial charge in [-0.2, -0.15) is 0 Å². The van der Waals surface area contributed by atoms with Crippen molar-refractivity contribution in [1.29, 1.82) is 0 Å². The van der Waals surface area contributed by atoms with Crippen molar-refractivity contribution in [2.24, 2.45) is 7.05 Å². The number of nitrogens with zero attached hydrogens (tertiary/aromatic N) is 4. The largest absolute Gasteiger partial charge is 0.332 e. The molecule has 0 N–H and O–H groups in total. The monoisotopic (exact) mass is 238 g/mol. The molecule has 3 aromatic heterocycles. The summed E-state index contributed by atoms with van der Waals surface area (Å²) in [5.41, 5.74) is 3.65. The van der Waals surface area contributed by atoms with E-state index in [0.29, 0.717) is 4.47 Å². The van der Waals surface area contributed by atoms with Gasteiger partial charge in [-0.3, -0.25) is 0 Å². The van der Waals surface area contributed by atoms with Gasteiger partial charge in [0.25, 0.3) is 0 Å². The number of aryl methyl sites for hydroxylation is 2. The lowest BCUT2D eigenvalue weighted by atomic mass is 10.3. The average molecular weight is 239 g/mol. The first-order valence-electron chi connectivity index (χ1n) is 4.40. The molecule has 6 heteroatoms. The molecule has 0 aliphatic rings. The summed E-state index contributed by atoms with van der Waals surface area (Å²) >= 11 is 7.29. The first-order chi connectivity index (χ1) is 7.16. The minimum Gasteiger partial charge on any atom is -0.332 e. The molecule has 4 nitrogen and oxygen atoms in total. The van der Waals surface area contributed by atoms with Crippen molar-refractivity contribution < 1.29 is 0 Å². The molecule has 0 bridgehead atoms. The van der Waals surface area contributed by atoms with E-state index >= 15 is 0 Å². The summed E-state index contributed by atoms with van der Waals surface area (Å²) in [4.78, 5) is 13.9. The first-order valence-corrected chi connectivity index (χ1v) is 5.60. The summed E-state index contributed by atoms with van der Waals surface area (Å²) in [6, 6.07) is 0. The third-order valence-corrected chi connectivity index (χ3v) is 3.41. The minimum atomic E-state index is 0.519. The number of imidazole rings is 1. The van der Waals surface area contributed by atoms with Gasteiger partial charge in [0.05, 0.1) is 17.5 Å². The van der Waals surface area contributed by atoms with E-state index in [2.05, 4.69) is 15.0 Å². The topological polar surface area (TPSA) is 43.6 Å². The zero-order valence-corrected chi connectivity index (χ0v) is 9.72. The Kier molecular flexibility index (Phi) is 1.75. The fourth-order valence-corrected chi connectivity index (χ4v) is 2.72. The number of pyridine rings is 1. The number of aromatic nitrogens is 4. The van der Waals surface area contributed by atoms with Gasteiger partial charge in [0, 0.05) is 7.05 Å². The quantitative estimate of drug-likeness (QED) is 0.605. The molecule has 0 saturated heterocycles. The Bertz CT molecular complexity index is 669. The normalized spacial score (nSPS) is 11.7. The Morgan fingerprint density at radius 1 is 1.33 bits per heavy atom. The van der Waals surface area contributed by atoms with Gasteiger partial charge in [-0.05, 0) is 6.92 Å². The van der Waals surface area contributed by atoms with E-state index in [1.807, 2.05) is 18.5 Å². The standard InChI is InChI=1S/C9H7ClN4S/c1-4-5-7(14(2)3-11-5)6-8(12-4)15-9(10)13-6/h3H,1-2H3. The molecule has 0 atom stereocenters. The summed E-state index contributed by atoms with van der Waals surface area (Å²) < 4.78 is 2.47. The summed E-state index contributed by atoms with van der Waals surface area (Å²) in [6.45, 7) is 1.95. The number of halogens is 1. The molecule has 0 radical (unpaired) electrons. The highest BCUT2D eigenvalue weighted by Crippen LogP contribution is 2.30. The molecule has 76 valence electrons. The van der Waals surface area contributed by atoms with E-state index in [1.165, 1.54) is 11.3 Å². The van der Waals surface area contributed by atoms with Crippen molar-refractivity contribution in [2.45, 2.75) is 6.92 Å². The summed E-state index contributed by atoms with van der Waals surface area (Å²) in [7, 11) is 1.95. The van der Waals surface area contributed by atoms with Gasteiger partial charge in [0.2, 0.25) is 0 Å². The van der Waals surface area contributed by atoms with E-state index in [0.717, 1.165) is 27.1 Å². The van der Waals surface area contributed by atoms with Gasteiger partial charge in [0.15, 0.2) is 4.47 Å². The third-order valence-electron chi connectivity index (χ3n) is 2.36. The molecular formula is C9H7ClN4S. The van der Waals surface area contributed by atoms with E-state index < -0.39 is 0 Å². The Balaban J connectivity index is 2.66. The van der Waals surface area contributed by atoms with Crippen LogP contribution in [-0.2, 0) is 7.05 Å². The van der Waals surface area contributed by atoms with Crippen LogP contribution < -0.4 is 0 Å². The van der Waals surface area contributed by atoms with Crippen molar-refractivity contribution in [2.75, 3.05) is 0 Å². The van der Waals surface area contributed by atoms with Crippen molar-refractivity contribution in [3.63, 3.8) is 0 Å². The molecule has 15 heavy (non-hydrogen) atoms. The molecule has 0 spiro atoms. The molecule has 0 amide bonds. The zero-order chi connectivity index (χ0) is 10.6. The van der Waals surface area contributed by atoms with Crippen LogP contribution in [0.3, 0.4) is 0 Å². The molecule has 0 fully saturated rings. The second-order valence-electron chi connectivity index (χ2n) is 3.37. The summed E-state index contributed by atoms with van der Waals surface area (Å²) in [5, 5.41) is 0. The van der Waals surface area contributed by atoms with Gasteiger partial charge >= 0.3 is 0 Å². The number of hydrogen-bond acceptors (Lipinski definition) is 4. The van der Waals surface area contributed by atoms with Gasteiger partial charge in [-0.1, -0.05) is 22.9 Å². The molecular weight excluding hydrogens is 232 g/mol. The smallest absolute Gasteiger partial charge is 0.186 e. The van der Waals surface area contributed by atoms with Crippen LogP contribution in [0.1, 0.15) is 5.69 Å². The number of hydrogen-bond donors (Lipinski definition) is 0. The summed E-state index contributed by atoms with van der Waals surface area (Å²) in [5.74, 6) is 0. The predicted octanol–water partition coefficient (Wildman–Crippen LogP) is 2.54. The van der Waals surface area contributed by atoms with E-state index in [-0.39, 0.29) is 0 Å². The number of fused-ring (bicyclic) bond motifs is 3. The van der Waals surface area contributed by atoms with Crippen LogP contribution in [0.4, 0.5) is 0 Å². The first kappa shape index (κ1) is 9.06. The molecule has 3 aromatic rings. The molecule has 3 rings (SSSR count). The zero-order valence-electron chi connectivity index (χ0n) is 8.15. The number of thiazole rings is 1. The maximum Gasteiger partial charge on any atom is 0.186 e. The van der Waals surface area contributed by atoms with Crippen LogP contribution in [0.15, 0.2) is 6.33 Å². The lowest BCUT2D eigenvalue weighted by Gasteiger charge is -1.97. The molecule has 0 aliphatic carbocycles. The SMILES string of the molecule is Cc1nc2sc(Cl)nc2c2c1ncn2C. The van der Waals surface area contributed by atoms with Crippen LogP contribution in [0.2, 0.25) is 4.47 Å². The van der Waals surface area contributed by atoms with Crippen molar-refractivity contribution in [3.05, 3.63) is 16.5 Å². The van der Waals surface area contributed by atoms with Crippen LogP contribution in [0.5, 0.6) is 0 Å². The van der Waals surface area contributed by atoms with Gasteiger partial charge in [-0.15, -0.1) is 0 Å². The maximum atomic E-state index is 5.89. The second-order valence-corrected chi connectivity index (χ2v) is 4.93. The Labute approximate surface area is 94.5 Å². The molecule has 0 aromatic carbocycles. The van der Waals surface area contributed by atoms with Gasteiger partial charge in [0.1, 0.15) is 15.9 Å². The van der Waals surface area contributed by atoms with Crippen LogP contribution in [-0.4, -0.2) is 19.5 Å². The van der Waals surface area contributed by atoms with Gasteiger partial charge in [-0.25, -0.2) is 15.0 Å². The molecule has 0 saturated carbocycles. The van der Waals surface area contributed by atoms with Crippen molar-refractivity contribution in [3.8, 4) is 0 Å². The second kappa shape index (κ2) is 2.90. The minimum absolute atomic E-state index is 0.519. The maximum absolute atomic E-state index is 5.89. The lowest BCUT2D eigenvalue weighted by Crippen LogP contribution is -1.89. The van der Waals surface area contributed by atoms with Gasteiger partial charge < -0.3 is 4.57 Å². The highest BCUT2D eigenvalue weighted by Gasteiger charge is 2.13. The van der Waals surface area contributed by atoms with E-state index in [9.17, 15) is 0 Å². The highest BCUT2D eigenvalue weighted by molar-refractivity contribution is 7.21. The Morgan fingerprint density at radius 2 is 2.13 bits per heavy atom. The molecule has 3 heterocycles. The fourth-order valence-electron chi connectivity index (χ4n) is 1.70. The Hall–Kier alpha value is -1.20. The van der Waals surface area contributed by atoms with Crippen molar-refractivity contribution in [1.82, 2.24) is 19.5 Å².